The number of hydrogen-bond acceptors (Lipinski definition) is 3. The largest absolute Gasteiger partial charge is 0.492 e. The highest BCUT2D eigenvalue weighted by Gasteiger charge is 1.97. The molecule has 1 rings (SSSR count). The molecule has 0 unspecified atom stereocenters. The third-order valence-corrected chi connectivity index (χ3v) is 2.20. The third-order valence-electron chi connectivity index (χ3n) is 2.20. The van der Waals surface area contributed by atoms with E-state index in [1.165, 1.54) is 6.42 Å². The fraction of sp³-hybridized carbons (Fsp3) is 0.583. The van der Waals surface area contributed by atoms with Crippen molar-refractivity contribution < 1.29 is 4.74 Å². The first-order chi connectivity index (χ1) is 7.22. The molecule has 1 aromatic heterocycles. The lowest BCUT2D eigenvalue weighted by Gasteiger charge is -2.08. The van der Waals surface area contributed by atoms with E-state index in [0.717, 1.165) is 30.4 Å². The van der Waals surface area contributed by atoms with Crippen LogP contribution in [-0.4, -0.2) is 18.6 Å². The molecule has 84 valence electrons. The van der Waals surface area contributed by atoms with E-state index in [2.05, 4.69) is 24.1 Å². The molecule has 0 amide bonds. The van der Waals surface area contributed by atoms with Crippen LogP contribution in [0.2, 0.25) is 0 Å². The molecule has 1 aromatic rings. The summed E-state index contributed by atoms with van der Waals surface area (Å²) >= 11 is 0. The normalized spacial score (nSPS) is 10.4. The zero-order valence-corrected chi connectivity index (χ0v) is 9.79. The molecule has 0 saturated carbocycles. The van der Waals surface area contributed by atoms with Crippen molar-refractivity contribution in [2.24, 2.45) is 5.92 Å². The van der Waals surface area contributed by atoms with E-state index in [4.69, 9.17) is 4.74 Å². The van der Waals surface area contributed by atoms with Crippen LogP contribution in [0.1, 0.15) is 26.7 Å². The van der Waals surface area contributed by atoms with Gasteiger partial charge in [0.2, 0.25) is 0 Å². The average molecular weight is 208 g/mol. The minimum Gasteiger partial charge on any atom is -0.492 e. The van der Waals surface area contributed by atoms with E-state index in [1.54, 1.807) is 12.4 Å². The Labute approximate surface area is 91.9 Å². The van der Waals surface area contributed by atoms with Crippen LogP contribution in [0, 0.1) is 5.92 Å². The number of aromatic nitrogens is 1. The van der Waals surface area contributed by atoms with Crippen LogP contribution in [0.4, 0.5) is 5.69 Å². The van der Waals surface area contributed by atoms with E-state index >= 15 is 0 Å². The predicted octanol–water partition coefficient (Wildman–Crippen LogP) is 2.94. The summed E-state index contributed by atoms with van der Waals surface area (Å²) in [5, 5.41) is 3.03. The fourth-order valence-electron chi connectivity index (χ4n) is 1.32. The monoisotopic (exact) mass is 208 g/mol. The first kappa shape index (κ1) is 11.8. The SMILES string of the molecule is CNc1cncc(OCCCC(C)C)c1. The lowest BCUT2D eigenvalue weighted by molar-refractivity contribution is 0.297. The number of pyridine rings is 1. The van der Waals surface area contributed by atoms with Gasteiger partial charge in [-0.05, 0) is 18.8 Å². The van der Waals surface area contributed by atoms with Crippen molar-refractivity contribution in [3.8, 4) is 5.75 Å². The van der Waals surface area contributed by atoms with E-state index < -0.39 is 0 Å². The molecule has 0 bridgehead atoms. The van der Waals surface area contributed by atoms with Gasteiger partial charge in [0.1, 0.15) is 5.75 Å². The van der Waals surface area contributed by atoms with Gasteiger partial charge in [0.05, 0.1) is 24.7 Å². The lowest BCUT2D eigenvalue weighted by atomic mass is 10.1. The van der Waals surface area contributed by atoms with Crippen LogP contribution in [0.15, 0.2) is 18.5 Å². The van der Waals surface area contributed by atoms with Crippen molar-refractivity contribution in [3.63, 3.8) is 0 Å². The van der Waals surface area contributed by atoms with Crippen molar-refractivity contribution >= 4 is 5.69 Å². The molecule has 3 nitrogen and oxygen atoms in total. The van der Waals surface area contributed by atoms with Gasteiger partial charge in [0.25, 0.3) is 0 Å². The molecule has 0 saturated heterocycles. The zero-order valence-electron chi connectivity index (χ0n) is 9.79. The minimum absolute atomic E-state index is 0.746. The Hall–Kier alpha value is -1.25. The number of ether oxygens (including phenoxy) is 1. The van der Waals surface area contributed by atoms with E-state index in [0.29, 0.717) is 0 Å². The number of nitrogens with zero attached hydrogens (tertiary/aromatic N) is 1. The highest BCUT2D eigenvalue weighted by atomic mass is 16.5. The molecule has 0 spiro atoms. The standard InChI is InChI=1S/C12H20N2O/c1-10(2)5-4-6-15-12-7-11(13-3)8-14-9-12/h7-10,13H,4-6H2,1-3H3. The van der Waals surface area contributed by atoms with Gasteiger partial charge in [0.15, 0.2) is 0 Å². The molecule has 1 N–H and O–H groups in total. The summed E-state index contributed by atoms with van der Waals surface area (Å²) in [7, 11) is 1.87. The Kier molecular flexibility index (Phi) is 4.95. The van der Waals surface area contributed by atoms with Gasteiger partial charge < -0.3 is 10.1 Å². The van der Waals surface area contributed by atoms with Crippen LogP contribution in [0.3, 0.4) is 0 Å². The van der Waals surface area contributed by atoms with Crippen LogP contribution in [0.5, 0.6) is 5.75 Å². The first-order valence-corrected chi connectivity index (χ1v) is 5.48. The molecule has 15 heavy (non-hydrogen) atoms. The summed E-state index contributed by atoms with van der Waals surface area (Å²) in [6.45, 7) is 5.22. The molecular weight excluding hydrogens is 188 g/mol. The Morgan fingerprint density at radius 1 is 1.40 bits per heavy atom. The van der Waals surface area contributed by atoms with Gasteiger partial charge in [-0.25, -0.2) is 0 Å². The molecule has 3 heteroatoms. The van der Waals surface area contributed by atoms with Crippen LogP contribution < -0.4 is 10.1 Å². The average Bonchev–Trinajstić information content (AvgIpc) is 2.24. The second-order valence-corrected chi connectivity index (χ2v) is 4.04. The molecule has 0 aromatic carbocycles. The van der Waals surface area contributed by atoms with Gasteiger partial charge in [-0.2, -0.15) is 0 Å². The van der Waals surface area contributed by atoms with E-state index in [9.17, 15) is 0 Å². The van der Waals surface area contributed by atoms with Gasteiger partial charge in [0, 0.05) is 13.1 Å². The fourth-order valence-corrected chi connectivity index (χ4v) is 1.32. The maximum absolute atomic E-state index is 5.60. The van der Waals surface area contributed by atoms with E-state index in [-0.39, 0.29) is 0 Å². The zero-order chi connectivity index (χ0) is 11.1. The Morgan fingerprint density at radius 3 is 2.87 bits per heavy atom. The summed E-state index contributed by atoms with van der Waals surface area (Å²) in [6, 6.07) is 1.96. The number of hydrogen-bond donors (Lipinski definition) is 1. The second-order valence-electron chi connectivity index (χ2n) is 4.04. The number of anilines is 1. The van der Waals surface area contributed by atoms with Crippen LogP contribution >= 0.6 is 0 Å². The van der Waals surface area contributed by atoms with Crippen molar-refractivity contribution in [3.05, 3.63) is 18.5 Å². The molecule has 0 atom stereocenters. The Bertz CT molecular complexity index is 287. The highest BCUT2D eigenvalue weighted by molar-refractivity contribution is 5.44. The summed E-state index contributed by atoms with van der Waals surface area (Å²) in [4.78, 5) is 4.08. The maximum Gasteiger partial charge on any atom is 0.139 e. The van der Waals surface area contributed by atoms with Gasteiger partial charge >= 0.3 is 0 Å². The number of rotatable bonds is 6. The smallest absolute Gasteiger partial charge is 0.139 e. The summed E-state index contributed by atoms with van der Waals surface area (Å²) in [5.41, 5.74) is 0.983. The molecule has 0 aliphatic rings. The first-order valence-electron chi connectivity index (χ1n) is 5.48. The molecule has 0 fully saturated rings. The quantitative estimate of drug-likeness (QED) is 0.730. The number of nitrogens with one attached hydrogen (secondary N) is 1. The van der Waals surface area contributed by atoms with Crippen LogP contribution in [-0.2, 0) is 0 Å². The van der Waals surface area contributed by atoms with Crippen molar-refractivity contribution in [2.75, 3.05) is 19.0 Å². The molecule has 1 heterocycles. The molecular formula is C12H20N2O. The van der Waals surface area contributed by atoms with Crippen molar-refractivity contribution in [2.45, 2.75) is 26.7 Å². The summed E-state index contributed by atoms with van der Waals surface area (Å²) in [6.07, 6.45) is 5.83. The Balaban J connectivity index is 2.30. The molecule has 0 radical (unpaired) electrons. The van der Waals surface area contributed by atoms with E-state index in [1.807, 2.05) is 13.1 Å². The van der Waals surface area contributed by atoms with Gasteiger partial charge in [-0.3, -0.25) is 4.98 Å². The minimum atomic E-state index is 0.746. The maximum atomic E-state index is 5.60. The third kappa shape index (κ3) is 4.68. The van der Waals surface area contributed by atoms with Crippen molar-refractivity contribution in [1.82, 2.24) is 4.98 Å². The highest BCUT2D eigenvalue weighted by Crippen LogP contribution is 2.15. The van der Waals surface area contributed by atoms with Gasteiger partial charge in [-0.15, -0.1) is 0 Å². The Morgan fingerprint density at radius 2 is 2.20 bits per heavy atom. The topological polar surface area (TPSA) is 34.2 Å². The lowest BCUT2D eigenvalue weighted by Crippen LogP contribution is -2.00. The molecule has 0 aliphatic carbocycles. The van der Waals surface area contributed by atoms with Crippen molar-refractivity contribution in [1.29, 1.82) is 0 Å². The summed E-state index contributed by atoms with van der Waals surface area (Å²) < 4.78 is 5.60. The predicted molar refractivity (Wildman–Crippen MR) is 63.4 cm³/mol. The van der Waals surface area contributed by atoms with Crippen LogP contribution in [0.25, 0.3) is 0 Å². The summed E-state index contributed by atoms with van der Waals surface area (Å²) in [5.74, 6) is 1.58. The second kappa shape index (κ2) is 6.27. The van der Waals surface area contributed by atoms with Gasteiger partial charge in [-0.1, -0.05) is 13.8 Å². The molecule has 0 aliphatic heterocycles.